The van der Waals surface area contributed by atoms with Crippen molar-refractivity contribution in [3.8, 4) is 0 Å². The molecule has 2 heterocycles. The van der Waals surface area contributed by atoms with Gasteiger partial charge in [-0.3, -0.25) is 10.1 Å². The molecule has 1 N–H and O–H groups in total. The average molecular weight is 268 g/mol. The lowest BCUT2D eigenvalue weighted by molar-refractivity contribution is -0.143. The Morgan fingerprint density at radius 3 is 2.68 bits per heavy atom. The van der Waals surface area contributed by atoms with Gasteiger partial charge in [0.15, 0.2) is 0 Å². The normalized spacial score (nSPS) is 31.2. The van der Waals surface area contributed by atoms with Gasteiger partial charge >= 0.3 is 0 Å². The summed E-state index contributed by atoms with van der Waals surface area (Å²) >= 11 is 0. The Balaban J connectivity index is 2.13. The van der Waals surface area contributed by atoms with Crippen molar-refractivity contribution in [2.45, 2.75) is 71.2 Å². The molecule has 2 rings (SSSR count). The van der Waals surface area contributed by atoms with E-state index >= 15 is 0 Å². The maximum atomic E-state index is 12.2. The second-order valence-corrected chi connectivity index (χ2v) is 6.26. The van der Waals surface area contributed by atoms with Crippen LogP contribution in [0.1, 0.15) is 53.4 Å². The quantitative estimate of drug-likeness (QED) is 0.849. The van der Waals surface area contributed by atoms with Crippen LogP contribution >= 0.6 is 0 Å². The molecule has 0 bridgehead atoms. The molecule has 0 aromatic heterocycles. The SMILES string of the molecule is CCC1(CC)CC(N2C(=O)CNC2C(C)C)CCO1. The van der Waals surface area contributed by atoms with Crippen LogP contribution in [0.15, 0.2) is 0 Å². The van der Waals surface area contributed by atoms with Crippen molar-refractivity contribution in [2.75, 3.05) is 13.2 Å². The summed E-state index contributed by atoms with van der Waals surface area (Å²) in [6.07, 6.45) is 4.21. The molecule has 4 heteroatoms. The standard InChI is InChI=1S/C15H28N2O2/c1-5-15(6-2)9-12(7-8-19-15)17-13(18)10-16-14(17)11(3)4/h11-12,14,16H,5-10H2,1-4H3. The van der Waals surface area contributed by atoms with Crippen LogP contribution in [0.2, 0.25) is 0 Å². The predicted octanol–water partition coefficient (Wildman–Crippen LogP) is 2.14. The van der Waals surface area contributed by atoms with Gasteiger partial charge in [-0.15, -0.1) is 0 Å². The molecule has 2 aliphatic rings. The van der Waals surface area contributed by atoms with Crippen LogP contribution < -0.4 is 5.32 Å². The molecule has 0 spiro atoms. The molecule has 19 heavy (non-hydrogen) atoms. The first-order chi connectivity index (χ1) is 9.03. The minimum absolute atomic E-state index is 0.0205. The van der Waals surface area contributed by atoms with Crippen LogP contribution in [0.3, 0.4) is 0 Å². The summed E-state index contributed by atoms with van der Waals surface area (Å²) in [6.45, 7) is 10.0. The number of ether oxygens (including phenoxy) is 1. The van der Waals surface area contributed by atoms with Crippen LogP contribution in [0.25, 0.3) is 0 Å². The molecule has 0 saturated carbocycles. The first kappa shape index (κ1) is 14.8. The topological polar surface area (TPSA) is 41.6 Å². The third kappa shape index (κ3) is 2.79. The largest absolute Gasteiger partial charge is 0.375 e. The van der Waals surface area contributed by atoms with Crippen LogP contribution in [0.4, 0.5) is 0 Å². The lowest BCUT2D eigenvalue weighted by Gasteiger charge is -2.45. The molecule has 2 saturated heterocycles. The first-order valence-corrected chi connectivity index (χ1v) is 7.71. The summed E-state index contributed by atoms with van der Waals surface area (Å²) in [5.74, 6) is 0.707. The van der Waals surface area contributed by atoms with Crippen molar-refractivity contribution in [1.82, 2.24) is 10.2 Å². The maximum Gasteiger partial charge on any atom is 0.238 e. The van der Waals surface area contributed by atoms with Gasteiger partial charge in [0, 0.05) is 12.6 Å². The summed E-state index contributed by atoms with van der Waals surface area (Å²) in [5.41, 5.74) is -0.0205. The molecular formula is C15H28N2O2. The third-order valence-electron chi connectivity index (χ3n) is 4.83. The zero-order valence-electron chi connectivity index (χ0n) is 12.7. The van der Waals surface area contributed by atoms with E-state index in [1.165, 1.54) is 0 Å². The van der Waals surface area contributed by atoms with Crippen molar-refractivity contribution in [2.24, 2.45) is 5.92 Å². The van der Waals surface area contributed by atoms with Gasteiger partial charge < -0.3 is 9.64 Å². The zero-order valence-corrected chi connectivity index (χ0v) is 12.7. The van der Waals surface area contributed by atoms with Crippen molar-refractivity contribution in [1.29, 1.82) is 0 Å². The molecule has 0 radical (unpaired) electrons. The molecule has 2 atom stereocenters. The predicted molar refractivity (Wildman–Crippen MR) is 75.8 cm³/mol. The smallest absolute Gasteiger partial charge is 0.238 e. The molecular weight excluding hydrogens is 240 g/mol. The Morgan fingerprint density at radius 2 is 2.11 bits per heavy atom. The molecule has 2 fully saturated rings. The van der Waals surface area contributed by atoms with E-state index in [1.807, 2.05) is 0 Å². The Labute approximate surface area is 116 Å². The number of nitrogens with one attached hydrogen (secondary N) is 1. The second kappa shape index (κ2) is 5.80. The molecule has 1 amide bonds. The van der Waals surface area contributed by atoms with E-state index in [9.17, 15) is 4.79 Å². The lowest BCUT2D eigenvalue weighted by atomic mass is 9.85. The van der Waals surface area contributed by atoms with E-state index < -0.39 is 0 Å². The van der Waals surface area contributed by atoms with Crippen molar-refractivity contribution < 1.29 is 9.53 Å². The summed E-state index contributed by atoms with van der Waals surface area (Å²) in [6, 6.07) is 0.337. The number of carbonyl (C=O) groups is 1. The van der Waals surface area contributed by atoms with Crippen LogP contribution in [-0.2, 0) is 9.53 Å². The third-order valence-corrected chi connectivity index (χ3v) is 4.83. The van der Waals surface area contributed by atoms with E-state index in [0.29, 0.717) is 18.5 Å². The molecule has 0 aromatic rings. The second-order valence-electron chi connectivity index (χ2n) is 6.26. The summed E-state index contributed by atoms with van der Waals surface area (Å²) in [4.78, 5) is 14.3. The summed E-state index contributed by atoms with van der Waals surface area (Å²) < 4.78 is 6.03. The van der Waals surface area contributed by atoms with Gasteiger partial charge in [-0.05, 0) is 31.6 Å². The fraction of sp³-hybridized carbons (Fsp3) is 0.933. The van der Waals surface area contributed by atoms with E-state index in [1.54, 1.807) is 0 Å². The Kier molecular flexibility index (Phi) is 4.51. The molecule has 0 aliphatic carbocycles. The molecule has 110 valence electrons. The molecule has 2 unspecified atom stereocenters. The van der Waals surface area contributed by atoms with Crippen LogP contribution in [0, 0.1) is 5.92 Å². The van der Waals surface area contributed by atoms with Gasteiger partial charge in [-0.2, -0.15) is 0 Å². The average Bonchev–Trinajstić information content (AvgIpc) is 2.81. The number of hydrogen-bond donors (Lipinski definition) is 1. The van der Waals surface area contributed by atoms with Crippen LogP contribution in [-0.4, -0.2) is 41.8 Å². The van der Waals surface area contributed by atoms with Crippen molar-refractivity contribution in [3.05, 3.63) is 0 Å². The first-order valence-electron chi connectivity index (χ1n) is 7.71. The van der Waals surface area contributed by atoms with Gasteiger partial charge in [0.2, 0.25) is 5.91 Å². The van der Waals surface area contributed by atoms with E-state index in [4.69, 9.17) is 4.74 Å². The Hall–Kier alpha value is -0.610. The minimum atomic E-state index is -0.0205. The molecule has 4 nitrogen and oxygen atoms in total. The number of nitrogens with zero attached hydrogens (tertiary/aromatic N) is 1. The number of rotatable bonds is 4. The molecule has 2 aliphatic heterocycles. The van der Waals surface area contributed by atoms with E-state index in [-0.39, 0.29) is 17.7 Å². The van der Waals surface area contributed by atoms with Gasteiger partial charge in [-0.1, -0.05) is 27.7 Å². The van der Waals surface area contributed by atoms with Gasteiger partial charge in [-0.25, -0.2) is 0 Å². The summed E-state index contributed by atoms with van der Waals surface area (Å²) in [5, 5.41) is 3.35. The number of amides is 1. The highest BCUT2D eigenvalue weighted by molar-refractivity contribution is 5.81. The van der Waals surface area contributed by atoms with Gasteiger partial charge in [0.05, 0.1) is 18.3 Å². The van der Waals surface area contributed by atoms with Gasteiger partial charge in [0.25, 0.3) is 0 Å². The monoisotopic (exact) mass is 268 g/mol. The van der Waals surface area contributed by atoms with Crippen LogP contribution in [0.5, 0.6) is 0 Å². The highest BCUT2D eigenvalue weighted by atomic mass is 16.5. The van der Waals surface area contributed by atoms with Gasteiger partial charge in [0.1, 0.15) is 0 Å². The highest BCUT2D eigenvalue weighted by Gasteiger charge is 2.43. The summed E-state index contributed by atoms with van der Waals surface area (Å²) in [7, 11) is 0. The maximum absolute atomic E-state index is 12.2. The fourth-order valence-electron chi connectivity index (χ4n) is 3.51. The minimum Gasteiger partial charge on any atom is -0.375 e. The molecule has 0 aromatic carbocycles. The highest BCUT2D eigenvalue weighted by Crippen LogP contribution is 2.35. The Morgan fingerprint density at radius 1 is 1.42 bits per heavy atom. The van der Waals surface area contributed by atoms with Crippen molar-refractivity contribution in [3.63, 3.8) is 0 Å². The van der Waals surface area contributed by atoms with E-state index in [2.05, 4.69) is 37.9 Å². The zero-order chi connectivity index (χ0) is 14.0. The number of carbonyl (C=O) groups excluding carboxylic acids is 1. The van der Waals surface area contributed by atoms with Crippen molar-refractivity contribution >= 4 is 5.91 Å². The Bertz CT molecular complexity index is 326. The van der Waals surface area contributed by atoms with E-state index in [0.717, 1.165) is 32.3 Å². The number of hydrogen-bond acceptors (Lipinski definition) is 3. The fourth-order valence-corrected chi connectivity index (χ4v) is 3.51. The lowest BCUT2D eigenvalue weighted by Crippen LogP contribution is -2.53.